The molecule has 2 fully saturated rings. The van der Waals surface area contributed by atoms with Crippen molar-refractivity contribution < 1.29 is 28.8 Å². The lowest BCUT2D eigenvalue weighted by molar-refractivity contribution is -0.141. The van der Waals surface area contributed by atoms with Crippen LogP contribution in [0.2, 0.25) is 0 Å². The number of amides is 3. The first-order valence-electron chi connectivity index (χ1n) is 13.4. The molecule has 1 aromatic heterocycles. The number of piperidine rings is 1. The number of hydrogen-bond donors (Lipinski definition) is 3. The molecule has 42 heavy (non-hydrogen) atoms. The van der Waals surface area contributed by atoms with Crippen molar-refractivity contribution in [2.24, 2.45) is 16.3 Å². The Balaban J connectivity index is 1.14. The van der Waals surface area contributed by atoms with E-state index in [-0.39, 0.29) is 42.2 Å². The highest BCUT2D eigenvalue weighted by Gasteiger charge is 2.64. The van der Waals surface area contributed by atoms with Crippen LogP contribution in [0.15, 0.2) is 71.2 Å². The van der Waals surface area contributed by atoms with Crippen molar-refractivity contribution in [2.45, 2.75) is 45.3 Å². The Morgan fingerprint density at radius 1 is 1.02 bits per heavy atom. The Hall–Kier alpha value is -4.71. The molecule has 2 heterocycles. The molecular weight excluding hydrogens is 558 g/mol. The number of amidine groups is 1. The number of rotatable bonds is 10. The highest BCUT2D eigenvalue weighted by atomic mass is 32.1. The van der Waals surface area contributed by atoms with Crippen molar-refractivity contribution in [2.75, 3.05) is 6.54 Å². The normalized spacial score (nSPS) is 20.8. The van der Waals surface area contributed by atoms with Gasteiger partial charge in [0, 0.05) is 34.3 Å². The van der Waals surface area contributed by atoms with E-state index in [9.17, 15) is 19.2 Å². The fourth-order valence-corrected chi connectivity index (χ4v) is 5.89. The van der Waals surface area contributed by atoms with Crippen molar-refractivity contribution >= 4 is 40.9 Å². The van der Waals surface area contributed by atoms with Gasteiger partial charge in [-0.3, -0.25) is 14.4 Å². The lowest BCUT2D eigenvalue weighted by Gasteiger charge is -2.27. The van der Waals surface area contributed by atoms with Gasteiger partial charge >= 0.3 is 5.97 Å². The van der Waals surface area contributed by atoms with Gasteiger partial charge in [0.15, 0.2) is 5.84 Å². The number of carbonyl (C=O) groups excluding carboxylic acids is 4. The van der Waals surface area contributed by atoms with E-state index in [1.54, 1.807) is 40.6 Å². The molecule has 1 aliphatic carbocycles. The van der Waals surface area contributed by atoms with E-state index in [0.717, 1.165) is 11.3 Å². The quantitative estimate of drug-likeness (QED) is 0.142. The Bertz CT molecular complexity index is 1520. The number of benzene rings is 2. The Morgan fingerprint density at radius 2 is 1.74 bits per heavy atom. The van der Waals surface area contributed by atoms with Crippen LogP contribution in [-0.2, 0) is 25.8 Å². The number of para-hydroxylation sites is 1. The van der Waals surface area contributed by atoms with Crippen LogP contribution in [0.4, 0.5) is 0 Å². The van der Waals surface area contributed by atoms with Crippen LogP contribution in [-0.4, -0.2) is 53.1 Å². The number of thiophene rings is 1. The topological polar surface area (TPSA) is 152 Å². The molecule has 1 saturated carbocycles. The van der Waals surface area contributed by atoms with E-state index >= 15 is 0 Å². The number of carbonyl (C=O) groups is 4. The second-order valence-electron chi connectivity index (χ2n) is 10.6. The van der Waals surface area contributed by atoms with Crippen LogP contribution < -0.4 is 21.1 Å². The molecule has 2 aromatic carbocycles. The van der Waals surface area contributed by atoms with E-state index in [4.69, 9.17) is 10.5 Å². The summed E-state index contributed by atoms with van der Waals surface area (Å²) in [5, 5.41) is 10.9. The van der Waals surface area contributed by atoms with Gasteiger partial charge in [-0.05, 0) is 60.7 Å². The van der Waals surface area contributed by atoms with Gasteiger partial charge in [0.25, 0.3) is 5.91 Å². The van der Waals surface area contributed by atoms with Gasteiger partial charge in [0.2, 0.25) is 11.8 Å². The zero-order valence-electron chi connectivity index (χ0n) is 23.2. The van der Waals surface area contributed by atoms with E-state index < -0.39 is 17.9 Å². The first-order chi connectivity index (χ1) is 20.1. The van der Waals surface area contributed by atoms with Crippen LogP contribution in [0.3, 0.4) is 0 Å². The van der Waals surface area contributed by atoms with E-state index in [0.29, 0.717) is 29.0 Å². The SMILES string of the molecule is CC(=O)O/N=C(/N)c1csc(CNC(=O)C2C[C@]3(C)CC3N2C(=O)CNC(=O)c2ccc(Oc3ccccc3)cc2)c1. The largest absolute Gasteiger partial charge is 0.457 e. The molecule has 3 amide bonds. The van der Waals surface area contributed by atoms with Gasteiger partial charge in [0.05, 0.1) is 13.1 Å². The molecule has 218 valence electrons. The van der Waals surface area contributed by atoms with Gasteiger partial charge < -0.3 is 30.8 Å². The lowest BCUT2D eigenvalue weighted by Crippen LogP contribution is -2.50. The standard InChI is InChI=1S/C30H31N5O6S/c1-18(36)41-34-27(31)20-12-23(42-17-20)15-32-29(39)24-13-30(2)14-25(30)35(24)26(37)16-33-28(38)19-8-10-22(11-9-19)40-21-6-4-3-5-7-21/h3-12,17,24-25H,13-16H2,1-2H3,(H2,31,34)(H,32,39)(H,33,38)/t24?,25?,30-/m1/s1. The number of hydrogen-bond acceptors (Lipinski definition) is 8. The van der Waals surface area contributed by atoms with E-state index in [1.807, 2.05) is 30.3 Å². The van der Waals surface area contributed by atoms with Crippen molar-refractivity contribution in [3.05, 3.63) is 82.0 Å². The Morgan fingerprint density at radius 3 is 2.45 bits per heavy atom. The summed E-state index contributed by atoms with van der Waals surface area (Å²) >= 11 is 1.37. The summed E-state index contributed by atoms with van der Waals surface area (Å²) in [6, 6.07) is 17.1. The second kappa shape index (κ2) is 12.0. The maximum atomic E-state index is 13.2. The monoisotopic (exact) mass is 589 g/mol. The molecular formula is C30H31N5O6S. The average molecular weight is 590 g/mol. The van der Waals surface area contributed by atoms with Crippen LogP contribution >= 0.6 is 11.3 Å². The number of nitrogens with zero attached hydrogens (tertiary/aromatic N) is 2. The number of nitrogens with one attached hydrogen (secondary N) is 2. The number of fused-ring (bicyclic) bond motifs is 1. The van der Waals surface area contributed by atoms with Crippen LogP contribution in [0, 0.1) is 5.41 Å². The predicted molar refractivity (Wildman–Crippen MR) is 156 cm³/mol. The molecule has 0 spiro atoms. The number of ether oxygens (including phenoxy) is 1. The third-order valence-corrected chi connectivity index (χ3v) is 8.32. The molecule has 2 unspecified atom stereocenters. The van der Waals surface area contributed by atoms with Gasteiger partial charge in [-0.1, -0.05) is 30.3 Å². The van der Waals surface area contributed by atoms with Gasteiger partial charge in [-0.15, -0.1) is 11.3 Å². The number of likely N-dealkylation sites (tertiary alicyclic amines) is 1. The fraction of sp³-hybridized carbons (Fsp3) is 0.300. The third kappa shape index (κ3) is 6.60. The molecule has 1 aliphatic heterocycles. The molecule has 12 heteroatoms. The first kappa shape index (κ1) is 28.8. The smallest absolute Gasteiger partial charge is 0.332 e. The first-order valence-corrected chi connectivity index (χ1v) is 14.3. The lowest BCUT2D eigenvalue weighted by atomic mass is 10.0. The van der Waals surface area contributed by atoms with Crippen LogP contribution in [0.25, 0.3) is 0 Å². The molecule has 11 nitrogen and oxygen atoms in total. The fourth-order valence-electron chi connectivity index (χ4n) is 5.07. The van der Waals surface area contributed by atoms with Gasteiger partial charge in [0.1, 0.15) is 17.5 Å². The maximum Gasteiger partial charge on any atom is 0.332 e. The van der Waals surface area contributed by atoms with Crippen LogP contribution in [0.5, 0.6) is 11.5 Å². The zero-order valence-corrected chi connectivity index (χ0v) is 24.0. The minimum Gasteiger partial charge on any atom is -0.457 e. The summed E-state index contributed by atoms with van der Waals surface area (Å²) in [6.45, 7) is 3.32. The highest BCUT2D eigenvalue weighted by Crippen LogP contribution is 2.59. The van der Waals surface area contributed by atoms with E-state index in [1.165, 1.54) is 18.3 Å². The summed E-state index contributed by atoms with van der Waals surface area (Å²) in [4.78, 5) is 57.1. The average Bonchev–Trinajstić information content (AvgIpc) is 3.29. The van der Waals surface area contributed by atoms with Crippen molar-refractivity contribution in [3.63, 3.8) is 0 Å². The summed E-state index contributed by atoms with van der Waals surface area (Å²) in [7, 11) is 0. The van der Waals surface area contributed by atoms with Crippen molar-refractivity contribution in [1.82, 2.24) is 15.5 Å². The molecule has 4 N–H and O–H groups in total. The predicted octanol–water partition coefficient (Wildman–Crippen LogP) is 3.15. The molecule has 5 rings (SSSR count). The molecule has 0 radical (unpaired) electrons. The van der Waals surface area contributed by atoms with Gasteiger partial charge in [-0.25, -0.2) is 4.79 Å². The molecule has 2 aliphatic rings. The highest BCUT2D eigenvalue weighted by molar-refractivity contribution is 7.10. The number of oxime groups is 1. The summed E-state index contributed by atoms with van der Waals surface area (Å²) in [5.74, 6) is -0.195. The zero-order chi connectivity index (χ0) is 29.9. The van der Waals surface area contributed by atoms with Gasteiger partial charge in [-0.2, -0.15) is 0 Å². The van der Waals surface area contributed by atoms with Crippen LogP contribution in [0.1, 0.15) is 47.5 Å². The molecule has 3 aromatic rings. The molecule has 0 bridgehead atoms. The summed E-state index contributed by atoms with van der Waals surface area (Å²) in [5.41, 5.74) is 6.70. The Labute approximate surface area is 246 Å². The third-order valence-electron chi connectivity index (χ3n) is 7.38. The van der Waals surface area contributed by atoms with Crippen molar-refractivity contribution in [3.8, 4) is 11.5 Å². The molecule has 1 saturated heterocycles. The van der Waals surface area contributed by atoms with E-state index in [2.05, 4.69) is 27.6 Å². The summed E-state index contributed by atoms with van der Waals surface area (Å²) in [6.07, 6.45) is 1.39. The second-order valence-corrected chi connectivity index (χ2v) is 11.6. The molecule has 3 atom stereocenters. The minimum absolute atomic E-state index is 0.0299. The minimum atomic E-state index is -0.623. The Kier molecular flexibility index (Phi) is 8.25. The summed E-state index contributed by atoms with van der Waals surface area (Å²) < 4.78 is 5.76. The van der Waals surface area contributed by atoms with Crippen molar-refractivity contribution in [1.29, 1.82) is 0 Å². The maximum absolute atomic E-state index is 13.2. The number of nitrogens with two attached hydrogens (primary N) is 1.